The molecule has 3 aromatic rings. The number of phenols is 1. The summed E-state index contributed by atoms with van der Waals surface area (Å²) in [6.45, 7) is 1.94. The molecule has 0 unspecified atom stereocenters. The molecule has 0 aliphatic rings. The van der Waals surface area contributed by atoms with Crippen molar-refractivity contribution in [2.75, 3.05) is 13.7 Å². The highest BCUT2D eigenvalue weighted by atomic mass is 19.4. The molecule has 0 atom stereocenters. The van der Waals surface area contributed by atoms with Crippen molar-refractivity contribution in [3.8, 4) is 17.2 Å². The predicted octanol–water partition coefficient (Wildman–Crippen LogP) is 7.54. The lowest BCUT2D eigenvalue weighted by Crippen LogP contribution is -2.16. The van der Waals surface area contributed by atoms with Gasteiger partial charge in [-0.2, -0.15) is 26.3 Å². The maximum atomic E-state index is 13.3. The molecule has 4 nitrogen and oxygen atoms in total. The molecule has 0 bridgehead atoms. The van der Waals surface area contributed by atoms with Crippen molar-refractivity contribution >= 4 is 5.71 Å². The molecular weight excluding hydrogens is 512 g/mol. The van der Waals surface area contributed by atoms with E-state index in [1.54, 1.807) is 12.1 Å². The van der Waals surface area contributed by atoms with E-state index in [0.717, 1.165) is 24.1 Å². The van der Waals surface area contributed by atoms with Crippen LogP contribution < -0.4 is 9.47 Å². The standard InChI is InChI=1S/C28H25F6NO3/c1-3-18-7-9-21(10-8-18)38-25(17-27(29,30)31)26(35-2)23-12-11-22(16-24(23)36)37-14-13-19-5-4-6-20(15-19)28(32,33)34/h4-12,15-17,36H,3,13-14H2,1-2H3/b25-17-,35-26?. The number of alkyl halides is 6. The Bertz CT molecular complexity index is 1300. The Labute approximate surface area is 215 Å². The van der Waals surface area contributed by atoms with E-state index in [-0.39, 0.29) is 41.9 Å². The van der Waals surface area contributed by atoms with Crippen LogP contribution >= 0.6 is 0 Å². The first-order chi connectivity index (χ1) is 17.9. The first-order valence-corrected chi connectivity index (χ1v) is 11.6. The summed E-state index contributed by atoms with van der Waals surface area (Å²) >= 11 is 0. The summed E-state index contributed by atoms with van der Waals surface area (Å²) in [5.74, 6) is -0.697. The minimum Gasteiger partial charge on any atom is -0.507 e. The van der Waals surface area contributed by atoms with Crippen LogP contribution in [0.15, 0.2) is 83.6 Å². The van der Waals surface area contributed by atoms with Crippen LogP contribution in [0.4, 0.5) is 26.3 Å². The minimum atomic E-state index is -4.73. The number of benzene rings is 3. The maximum absolute atomic E-state index is 13.3. The van der Waals surface area contributed by atoms with Crippen LogP contribution in [-0.4, -0.2) is 30.6 Å². The number of hydrogen-bond donors (Lipinski definition) is 1. The number of nitrogens with zero attached hydrogens (tertiary/aromatic N) is 1. The number of aryl methyl sites for hydroxylation is 1. The smallest absolute Gasteiger partial charge is 0.416 e. The van der Waals surface area contributed by atoms with E-state index in [1.165, 1.54) is 49.5 Å². The largest absolute Gasteiger partial charge is 0.507 e. The first-order valence-electron chi connectivity index (χ1n) is 11.6. The first kappa shape index (κ1) is 28.6. The Kier molecular flexibility index (Phi) is 9.08. The molecule has 0 aromatic heterocycles. The minimum absolute atomic E-state index is 0.00488. The number of phenolic OH excluding ortho intramolecular Hbond substituents is 1. The van der Waals surface area contributed by atoms with E-state index in [2.05, 4.69) is 4.99 Å². The molecular formula is C28H25F6NO3. The van der Waals surface area contributed by atoms with Crippen LogP contribution in [0.2, 0.25) is 0 Å². The zero-order chi connectivity index (χ0) is 27.9. The van der Waals surface area contributed by atoms with Crippen LogP contribution in [0.5, 0.6) is 17.2 Å². The Morgan fingerprint density at radius 2 is 1.58 bits per heavy atom. The number of aliphatic imine (C=N–C) groups is 1. The molecule has 3 rings (SSSR count). The van der Waals surface area contributed by atoms with Crippen LogP contribution in [0.25, 0.3) is 0 Å². The van der Waals surface area contributed by atoms with Gasteiger partial charge >= 0.3 is 12.4 Å². The average Bonchev–Trinajstić information content (AvgIpc) is 2.85. The lowest BCUT2D eigenvalue weighted by molar-refractivity contribution is -0.137. The van der Waals surface area contributed by atoms with Gasteiger partial charge in [-0.15, -0.1) is 0 Å². The Hall–Kier alpha value is -3.95. The molecule has 0 amide bonds. The molecule has 0 heterocycles. The molecule has 0 saturated heterocycles. The topological polar surface area (TPSA) is 51.0 Å². The molecule has 3 aromatic carbocycles. The van der Waals surface area contributed by atoms with E-state index in [4.69, 9.17) is 9.47 Å². The molecule has 0 spiro atoms. The van der Waals surface area contributed by atoms with Crippen LogP contribution in [0, 0.1) is 0 Å². The zero-order valence-electron chi connectivity index (χ0n) is 20.5. The van der Waals surface area contributed by atoms with Crippen molar-refractivity contribution in [3.63, 3.8) is 0 Å². The zero-order valence-corrected chi connectivity index (χ0v) is 20.5. The van der Waals surface area contributed by atoms with Crippen LogP contribution in [0.3, 0.4) is 0 Å². The molecule has 0 radical (unpaired) electrons. The van der Waals surface area contributed by atoms with Gasteiger partial charge in [0.2, 0.25) is 0 Å². The van der Waals surface area contributed by atoms with E-state index in [0.29, 0.717) is 5.56 Å². The molecule has 0 fully saturated rings. The summed E-state index contributed by atoms with van der Waals surface area (Å²) in [5, 5.41) is 10.6. The summed E-state index contributed by atoms with van der Waals surface area (Å²) < 4.78 is 89.7. The second-order valence-corrected chi connectivity index (χ2v) is 8.20. The quantitative estimate of drug-likeness (QED) is 0.174. The van der Waals surface area contributed by atoms with Gasteiger partial charge < -0.3 is 14.6 Å². The van der Waals surface area contributed by atoms with Crippen LogP contribution in [0.1, 0.15) is 29.2 Å². The van der Waals surface area contributed by atoms with Crippen molar-refractivity contribution < 1.29 is 40.9 Å². The Morgan fingerprint density at radius 1 is 0.895 bits per heavy atom. The van der Waals surface area contributed by atoms with Crippen molar-refractivity contribution in [2.24, 2.45) is 4.99 Å². The normalized spacial score (nSPS) is 12.9. The van der Waals surface area contributed by atoms with Crippen molar-refractivity contribution in [1.29, 1.82) is 0 Å². The summed E-state index contributed by atoms with van der Waals surface area (Å²) in [5.41, 5.74) is 0.347. The van der Waals surface area contributed by atoms with Gasteiger partial charge in [0.1, 0.15) is 23.0 Å². The number of allylic oxidation sites excluding steroid dienone is 2. The summed E-state index contributed by atoms with van der Waals surface area (Å²) in [4.78, 5) is 3.92. The summed E-state index contributed by atoms with van der Waals surface area (Å²) in [6.07, 6.45) is -8.31. The third-order valence-corrected chi connectivity index (χ3v) is 5.45. The van der Waals surface area contributed by atoms with Gasteiger partial charge in [0.15, 0.2) is 5.76 Å². The molecule has 0 aliphatic heterocycles. The molecule has 202 valence electrons. The Balaban J connectivity index is 1.77. The molecule has 1 N–H and O–H groups in total. The van der Waals surface area contributed by atoms with Crippen molar-refractivity contribution in [1.82, 2.24) is 0 Å². The third kappa shape index (κ3) is 8.03. The van der Waals surface area contributed by atoms with Gasteiger partial charge in [-0.25, -0.2) is 0 Å². The fourth-order valence-electron chi connectivity index (χ4n) is 3.57. The summed E-state index contributed by atoms with van der Waals surface area (Å²) in [7, 11) is 1.27. The van der Waals surface area contributed by atoms with E-state index in [9.17, 15) is 31.4 Å². The number of aromatic hydroxyl groups is 1. The lowest BCUT2D eigenvalue weighted by Gasteiger charge is -2.16. The summed E-state index contributed by atoms with van der Waals surface area (Å²) in [6, 6.07) is 15.3. The van der Waals surface area contributed by atoms with Crippen LogP contribution in [-0.2, 0) is 19.0 Å². The maximum Gasteiger partial charge on any atom is 0.416 e. The number of rotatable bonds is 9. The van der Waals surface area contributed by atoms with Crippen molar-refractivity contribution in [3.05, 3.63) is 101 Å². The molecule has 0 aliphatic carbocycles. The third-order valence-electron chi connectivity index (χ3n) is 5.45. The number of ether oxygens (including phenoxy) is 2. The monoisotopic (exact) mass is 537 g/mol. The highest BCUT2D eigenvalue weighted by Crippen LogP contribution is 2.31. The van der Waals surface area contributed by atoms with Gasteiger partial charge in [-0.05, 0) is 47.9 Å². The highest BCUT2D eigenvalue weighted by Gasteiger charge is 2.30. The van der Waals surface area contributed by atoms with E-state index in [1.807, 2.05) is 6.92 Å². The fourth-order valence-corrected chi connectivity index (χ4v) is 3.57. The van der Waals surface area contributed by atoms with Gasteiger partial charge in [-0.1, -0.05) is 37.3 Å². The second kappa shape index (κ2) is 12.1. The molecule has 10 heteroatoms. The lowest BCUT2D eigenvalue weighted by atomic mass is 10.1. The Morgan fingerprint density at radius 3 is 2.16 bits per heavy atom. The van der Waals surface area contributed by atoms with Gasteiger partial charge in [0, 0.05) is 25.1 Å². The van der Waals surface area contributed by atoms with E-state index >= 15 is 0 Å². The number of halogens is 6. The second-order valence-electron chi connectivity index (χ2n) is 8.20. The SMILES string of the molecule is CCc1ccc(O/C(=C\C(F)(F)F)C(=NC)c2ccc(OCCc3cccc(C(F)(F)F)c3)cc2O)cc1. The van der Waals surface area contributed by atoms with Gasteiger partial charge in [0.05, 0.1) is 18.2 Å². The molecule has 38 heavy (non-hydrogen) atoms. The average molecular weight is 538 g/mol. The predicted molar refractivity (Wildman–Crippen MR) is 132 cm³/mol. The van der Waals surface area contributed by atoms with Crippen molar-refractivity contribution in [2.45, 2.75) is 32.1 Å². The highest BCUT2D eigenvalue weighted by molar-refractivity contribution is 6.13. The molecule has 0 saturated carbocycles. The number of hydrogen-bond acceptors (Lipinski definition) is 4. The van der Waals surface area contributed by atoms with Gasteiger partial charge in [-0.3, -0.25) is 4.99 Å². The van der Waals surface area contributed by atoms with E-state index < -0.39 is 29.4 Å². The fraction of sp³-hybridized carbons (Fsp3) is 0.250. The van der Waals surface area contributed by atoms with Gasteiger partial charge in [0.25, 0.3) is 0 Å².